The molecule has 0 atom stereocenters. The molecule has 2 rings (SSSR count). The van der Waals surface area contributed by atoms with E-state index in [4.69, 9.17) is 29.6 Å². The fourth-order valence-electron chi connectivity index (χ4n) is 1.85. The molecule has 3 N–H and O–H groups in total. The van der Waals surface area contributed by atoms with E-state index in [9.17, 15) is 0 Å². The number of anilines is 2. The molecule has 0 radical (unpaired) electrons. The van der Waals surface area contributed by atoms with Gasteiger partial charge in [-0.2, -0.15) is 0 Å². The zero-order chi connectivity index (χ0) is 14.0. The highest BCUT2D eigenvalue weighted by Gasteiger charge is 2.08. The minimum absolute atomic E-state index is 0.351. The highest BCUT2D eigenvalue weighted by molar-refractivity contribution is 7.80. The Morgan fingerprint density at radius 1 is 1.11 bits per heavy atom. The fourth-order valence-corrected chi connectivity index (χ4v) is 2.20. The molecule has 0 fully saturated rings. The maximum absolute atomic E-state index is 6.03. The van der Waals surface area contributed by atoms with Crippen molar-refractivity contribution in [2.45, 2.75) is 13.8 Å². The molecule has 98 valence electrons. The molecule has 0 heterocycles. The maximum Gasteiger partial charge on any atom is 0.106 e. The molecule has 2 nitrogen and oxygen atoms in total. The third-order valence-corrected chi connectivity index (χ3v) is 3.36. The molecule has 0 saturated carbocycles. The van der Waals surface area contributed by atoms with Crippen LogP contribution >= 0.6 is 23.8 Å². The first kappa shape index (κ1) is 13.8. The van der Waals surface area contributed by atoms with E-state index >= 15 is 0 Å². The zero-order valence-corrected chi connectivity index (χ0v) is 12.4. The van der Waals surface area contributed by atoms with E-state index in [1.807, 2.05) is 19.1 Å². The number of hydrogen-bond donors (Lipinski definition) is 2. The second kappa shape index (κ2) is 5.59. The van der Waals surface area contributed by atoms with Crippen molar-refractivity contribution in [2.24, 2.45) is 5.73 Å². The van der Waals surface area contributed by atoms with E-state index in [2.05, 4.69) is 30.4 Å². The summed E-state index contributed by atoms with van der Waals surface area (Å²) in [5.41, 5.74) is 10.7. The van der Waals surface area contributed by atoms with E-state index in [1.54, 1.807) is 6.07 Å². The first-order valence-electron chi connectivity index (χ1n) is 5.91. The molecule has 0 amide bonds. The molecule has 2 aromatic carbocycles. The number of thiocarbonyl (C=S) groups is 1. The predicted molar refractivity (Wildman–Crippen MR) is 86.5 cm³/mol. The van der Waals surface area contributed by atoms with Gasteiger partial charge in [-0.3, -0.25) is 0 Å². The predicted octanol–water partition coefficient (Wildman–Crippen LogP) is 4.33. The van der Waals surface area contributed by atoms with Gasteiger partial charge in [-0.25, -0.2) is 0 Å². The van der Waals surface area contributed by atoms with E-state index in [0.717, 1.165) is 22.5 Å². The Morgan fingerprint density at radius 3 is 2.53 bits per heavy atom. The van der Waals surface area contributed by atoms with Gasteiger partial charge in [-0.05, 0) is 49.2 Å². The van der Waals surface area contributed by atoms with Crippen LogP contribution in [0.15, 0.2) is 36.4 Å². The number of aryl methyl sites for hydroxylation is 2. The maximum atomic E-state index is 6.03. The quantitative estimate of drug-likeness (QED) is 0.826. The van der Waals surface area contributed by atoms with Crippen LogP contribution in [0.2, 0.25) is 5.02 Å². The number of hydrogen-bond acceptors (Lipinski definition) is 2. The molecular formula is C15H15ClN2S. The topological polar surface area (TPSA) is 38.0 Å². The smallest absolute Gasteiger partial charge is 0.106 e. The van der Waals surface area contributed by atoms with Crippen molar-refractivity contribution in [1.82, 2.24) is 0 Å². The second-order valence-electron chi connectivity index (χ2n) is 4.50. The largest absolute Gasteiger partial charge is 0.389 e. The van der Waals surface area contributed by atoms with Crippen LogP contribution < -0.4 is 11.1 Å². The van der Waals surface area contributed by atoms with E-state index < -0.39 is 0 Å². The van der Waals surface area contributed by atoms with Gasteiger partial charge in [0, 0.05) is 16.3 Å². The first-order chi connectivity index (χ1) is 8.97. The Morgan fingerprint density at radius 2 is 1.84 bits per heavy atom. The van der Waals surface area contributed by atoms with Crippen molar-refractivity contribution in [3.05, 3.63) is 58.1 Å². The molecule has 0 saturated heterocycles. The van der Waals surface area contributed by atoms with E-state index in [0.29, 0.717) is 10.0 Å². The molecule has 0 aliphatic rings. The van der Waals surface area contributed by atoms with Gasteiger partial charge in [0.1, 0.15) is 4.99 Å². The Labute approximate surface area is 123 Å². The molecule has 2 aromatic rings. The molecule has 4 heteroatoms. The number of rotatable bonds is 3. The van der Waals surface area contributed by atoms with Gasteiger partial charge in [-0.1, -0.05) is 36.0 Å². The van der Waals surface area contributed by atoms with Gasteiger partial charge in [0.25, 0.3) is 0 Å². The number of nitrogens with one attached hydrogen (secondary N) is 1. The summed E-state index contributed by atoms with van der Waals surface area (Å²) in [6.45, 7) is 4.10. The van der Waals surface area contributed by atoms with Crippen LogP contribution in [0.4, 0.5) is 11.4 Å². The highest BCUT2D eigenvalue weighted by atomic mass is 35.5. The first-order valence-corrected chi connectivity index (χ1v) is 6.69. The lowest BCUT2D eigenvalue weighted by atomic mass is 10.1. The molecule has 0 bridgehead atoms. The molecule has 0 aromatic heterocycles. The Bertz CT molecular complexity index is 638. The van der Waals surface area contributed by atoms with Gasteiger partial charge >= 0.3 is 0 Å². The summed E-state index contributed by atoms with van der Waals surface area (Å²) in [6, 6.07) is 11.7. The summed E-state index contributed by atoms with van der Waals surface area (Å²) in [5, 5.41) is 4.00. The Hall–Kier alpha value is -1.58. The van der Waals surface area contributed by atoms with Crippen molar-refractivity contribution in [1.29, 1.82) is 0 Å². The average Bonchev–Trinajstić information content (AvgIpc) is 2.33. The molecule has 0 unspecified atom stereocenters. The lowest BCUT2D eigenvalue weighted by Gasteiger charge is -2.14. The van der Waals surface area contributed by atoms with Crippen molar-refractivity contribution < 1.29 is 0 Å². The molecular weight excluding hydrogens is 276 g/mol. The van der Waals surface area contributed by atoms with Crippen LogP contribution in [-0.4, -0.2) is 4.99 Å². The summed E-state index contributed by atoms with van der Waals surface area (Å²) in [6.07, 6.45) is 0. The summed E-state index contributed by atoms with van der Waals surface area (Å²) in [7, 11) is 0. The monoisotopic (exact) mass is 290 g/mol. The SMILES string of the molecule is Cc1ccc(C)c(Nc2cc(Cl)ccc2C(N)=S)c1. The van der Waals surface area contributed by atoms with Crippen LogP contribution in [0, 0.1) is 13.8 Å². The van der Waals surface area contributed by atoms with Crippen molar-refractivity contribution in [3.63, 3.8) is 0 Å². The Balaban J connectivity index is 2.45. The van der Waals surface area contributed by atoms with Gasteiger partial charge in [-0.15, -0.1) is 0 Å². The van der Waals surface area contributed by atoms with Crippen LogP contribution in [0.25, 0.3) is 0 Å². The molecule has 0 aliphatic carbocycles. The summed E-state index contributed by atoms with van der Waals surface area (Å²) >= 11 is 11.1. The molecule has 0 aliphatic heterocycles. The van der Waals surface area contributed by atoms with Gasteiger partial charge in [0.2, 0.25) is 0 Å². The van der Waals surface area contributed by atoms with Crippen LogP contribution in [0.5, 0.6) is 0 Å². The molecule has 19 heavy (non-hydrogen) atoms. The highest BCUT2D eigenvalue weighted by Crippen LogP contribution is 2.27. The standard InChI is InChI=1S/C15H15ClN2S/c1-9-3-4-10(2)13(7-9)18-14-8-11(16)5-6-12(14)15(17)19/h3-8,18H,1-2H3,(H2,17,19). The number of benzene rings is 2. The van der Waals surface area contributed by atoms with Crippen molar-refractivity contribution in [3.8, 4) is 0 Å². The average molecular weight is 291 g/mol. The summed E-state index contributed by atoms with van der Waals surface area (Å²) in [5.74, 6) is 0. The number of halogens is 1. The minimum atomic E-state index is 0.351. The number of nitrogens with two attached hydrogens (primary N) is 1. The van der Waals surface area contributed by atoms with Gasteiger partial charge in [0.05, 0.1) is 5.69 Å². The summed E-state index contributed by atoms with van der Waals surface area (Å²) in [4.78, 5) is 0.351. The van der Waals surface area contributed by atoms with E-state index in [-0.39, 0.29) is 0 Å². The third kappa shape index (κ3) is 3.25. The lowest BCUT2D eigenvalue weighted by Crippen LogP contribution is -2.12. The third-order valence-electron chi connectivity index (χ3n) is 2.91. The zero-order valence-electron chi connectivity index (χ0n) is 10.8. The second-order valence-corrected chi connectivity index (χ2v) is 5.37. The van der Waals surface area contributed by atoms with Crippen LogP contribution in [0.1, 0.15) is 16.7 Å². The van der Waals surface area contributed by atoms with Gasteiger partial charge in [0.15, 0.2) is 0 Å². The van der Waals surface area contributed by atoms with Crippen LogP contribution in [-0.2, 0) is 0 Å². The molecule has 0 spiro atoms. The lowest BCUT2D eigenvalue weighted by molar-refractivity contribution is 1.37. The van der Waals surface area contributed by atoms with Gasteiger partial charge < -0.3 is 11.1 Å². The normalized spacial score (nSPS) is 10.3. The Kier molecular flexibility index (Phi) is 4.08. The van der Waals surface area contributed by atoms with E-state index in [1.165, 1.54) is 5.56 Å². The fraction of sp³-hybridized carbons (Fsp3) is 0.133. The summed E-state index contributed by atoms with van der Waals surface area (Å²) < 4.78 is 0. The van der Waals surface area contributed by atoms with Crippen molar-refractivity contribution in [2.75, 3.05) is 5.32 Å². The van der Waals surface area contributed by atoms with Crippen molar-refractivity contribution >= 4 is 40.2 Å². The van der Waals surface area contributed by atoms with Crippen LogP contribution in [0.3, 0.4) is 0 Å². The minimum Gasteiger partial charge on any atom is -0.389 e.